The molecule has 1 rings (SSSR count). The van der Waals surface area contributed by atoms with Crippen molar-refractivity contribution in [3.8, 4) is 0 Å². The molecule has 0 amide bonds. The van der Waals surface area contributed by atoms with Crippen molar-refractivity contribution in [2.45, 2.75) is 18.8 Å². The molecule has 1 aromatic rings. The van der Waals surface area contributed by atoms with Gasteiger partial charge in [0.1, 0.15) is 0 Å². The van der Waals surface area contributed by atoms with E-state index < -0.39 is 15.9 Å². The first-order valence-electron chi connectivity index (χ1n) is 4.52. The minimum Gasteiger partial charge on any atom is -0.392 e. The number of hydrogen-bond donors (Lipinski definition) is 1. The molecule has 0 radical (unpaired) electrons. The van der Waals surface area contributed by atoms with Crippen molar-refractivity contribution in [1.82, 2.24) is 0 Å². The fraction of sp³-hybridized carbons (Fsp3) is 0.400. The molecule has 84 valence electrons. The summed E-state index contributed by atoms with van der Waals surface area (Å²) in [5, 5.41) is 9.03. The maximum atomic E-state index is 11.5. The number of rotatable bonds is 4. The second kappa shape index (κ2) is 5.27. The summed E-state index contributed by atoms with van der Waals surface area (Å²) in [6.45, 7) is 1.48. The molecule has 15 heavy (non-hydrogen) atoms. The molecule has 0 heterocycles. The van der Waals surface area contributed by atoms with Gasteiger partial charge < -0.3 is 5.11 Å². The molecular weight excluding hydrogens is 327 g/mol. The highest BCUT2D eigenvalue weighted by Gasteiger charge is 2.14. The number of aliphatic hydroxyl groups is 1. The molecule has 0 saturated heterocycles. The number of sulfone groups is 1. The average Bonchev–Trinajstić information content (AvgIpc) is 2.06. The zero-order valence-electron chi connectivity index (χ0n) is 8.35. The first-order valence-corrected chi connectivity index (χ1v) is 7.42. The molecule has 0 aromatic heterocycles. The van der Waals surface area contributed by atoms with E-state index in [-0.39, 0.29) is 11.5 Å². The monoisotopic (exact) mass is 340 g/mol. The summed E-state index contributed by atoms with van der Waals surface area (Å²) in [7, 11) is -3.20. The zero-order valence-corrected chi connectivity index (χ0v) is 11.3. The summed E-state index contributed by atoms with van der Waals surface area (Å²) in [5.74, 6) is -0.187. The Bertz CT molecular complexity index is 409. The molecule has 1 N–H and O–H groups in total. The minimum absolute atomic E-state index is 0.00514. The lowest BCUT2D eigenvalue weighted by Gasteiger charge is -2.06. The first-order chi connectivity index (χ1) is 6.89. The normalized spacial score (nSPS) is 13.8. The summed E-state index contributed by atoms with van der Waals surface area (Å²) in [6.07, 6.45) is -0.807. The maximum Gasteiger partial charge on any atom is 0.156 e. The molecule has 3 nitrogen and oxygen atoms in total. The fourth-order valence-electron chi connectivity index (χ4n) is 1.26. The highest BCUT2D eigenvalue weighted by atomic mass is 127. The Labute approximate surface area is 104 Å². The van der Waals surface area contributed by atoms with Gasteiger partial charge in [-0.15, -0.1) is 0 Å². The zero-order chi connectivity index (χ0) is 11.5. The third-order valence-electron chi connectivity index (χ3n) is 1.79. The van der Waals surface area contributed by atoms with Crippen LogP contribution in [0.4, 0.5) is 0 Å². The van der Waals surface area contributed by atoms with Crippen molar-refractivity contribution >= 4 is 32.4 Å². The molecule has 5 heteroatoms. The molecule has 1 aromatic carbocycles. The summed E-state index contributed by atoms with van der Waals surface area (Å²) in [6, 6.07) is 7.32. The third-order valence-corrected chi connectivity index (χ3v) is 4.28. The van der Waals surface area contributed by atoms with Gasteiger partial charge in [0.05, 0.1) is 17.6 Å². The van der Waals surface area contributed by atoms with Gasteiger partial charge in [-0.25, -0.2) is 8.42 Å². The number of aliphatic hydroxyl groups excluding tert-OH is 1. The lowest BCUT2D eigenvalue weighted by atomic mass is 10.2. The Kier molecular flexibility index (Phi) is 4.54. The summed E-state index contributed by atoms with van der Waals surface area (Å²) in [5.41, 5.74) is 0.760. The Hall–Kier alpha value is -0.140. The minimum atomic E-state index is -3.20. The summed E-state index contributed by atoms with van der Waals surface area (Å²) < 4.78 is 24.1. The second-order valence-corrected chi connectivity index (χ2v) is 6.88. The third kappa shape index (κ3) is 4.94. The summed E-state index contributed by atoms with van der Waals surface area (Å²) >= 11 is 2.16. The highest BCUT2D eigenvalue weighted by molar-refractivity contribution is 14.1. The Morgan fingerprint density at radius 2 is 1.87 bits per heavy atom. The lowest BCUT2D eigenvalue weighted by molar-refractivity contribution is 0.218. The van der Waals surface area contributed by atoms with Crippen molar-refractivity contribution < 1.29 is 13.5 Å². The van der Waals surface area contributed by atoms with Crippen molar-refractivity contribution in [2.24, 2.45) is 0 Å². The quantitative estimate of drug-likeness (QED) is 0.847. The number of hydrogen-bond acceptors (Lipinski definition) is 3. The van der Waals surface area contributed by atoms with Crippen LogP contribution in [0.1, 0.15) is 12.5 Å². The van der Waals surface area contributed by atoms with Crippen LogP contribution in [0, 0.1) is 3.57 Å². The van der Waals surface area contributed by atoms with E-state index in [2.05, 4.69) is 22.6 Å². The Balaban J connectivity index is 2.73. The van der Waals surface area contributed by atoms with Crippen molar-refractivity contribution in [3.05, 3.63) is 33.4 Å². The average molecular weight is 340 g/mol. The van der Waals surface area contributed by atoms with Gasteiger partial charge in [-0.2, -0.15) is 0 Å². The molecule has 1 atom stereocenters. The Morgan fingerprint density at radius 3 is 2.33 bits per heavy atom. The molecule has 0 aliphatic heterocycles. The largest absolute Gasteiger partial charge is 0.392 e. The molecule has 0 saturated carbocycles. The van der Waals surface area contributed by atoms with Gasteiger partial charge in [-0.3, -0.25) is 0 Å². The van der Waals surface area contributed by atoms with Gasteiger partial charge >= 0.3 is 0 Å². The maximum absolute atomic E-state index is 11.5. The standard InChI is InChI=1S/C10H13IO3S/c1-8(12)6-15(13,14)7-9-2-4-10(11)5-3-9/h2-5,8,12H,6-7H2,1H3. The summed E-state index contributed by atoms with van der Waals surface area (Å²) in [4.78, 5) is 0. The van der Waals surface area contributed by atoms with Crippen molar-refractivity contribution in [2.75, 3.05) is 5.75 Å². The molecule has 0 bridgehead atoms. The van der Waals surface area contributed by atoms with Gasteiger partial charge in [0.25, 0.3) is 0 Å². The van der Waals surface area contributed by atoms with Crippen LogP contribution in [-0.2, 0) is 15.6 Å². The van der Waals surface area contributed by atoms with Crippen LogP contribution in [0.15, 0.2) is 24.3 Å². The van der Waals surface area contributed by atoms with E-state index in [0.717, 1.165) is 9.13 Å². The Morgan fingerprint density at radius 1 is 1.33 bits per heavy atom. The van der Waals surface area contributed by atoms with Crippen LogP contribution in [0.2, 0.25) is 0 Å². The topological polar surface area (TPSA) is 54.4 Å². The number of benzene rings is 1. The van der Waals surface area contributed by atoms with Gasteiger partial charge in [0.15, 0.2) is 9.84 Å². The van der Waals surface area contributed by atoms with E-state index in [1.165, 1.54) is 6.92 Å². The molecule has 0 aliphatic carbocycles. The number of halogens is 1. The highest BCUT2D eigenvalue weighted by Crippen LogP contribution is 2.11. The van der Waals surface area contributed by atoms with E-state index in [4.69, 9.17) is 5.11 Å². The molecule has 0 aliphatic rings. The second-order valence-electron chi connectivity index (χ2n) is 3.53. The van der Waals surface area contributed by atoms with Crippen molar-refractivity contribution in [3.63, 3.8) is 0 Å². The lowest BCUT2D eigenvalue weighted by Crippen LogP contribution is -2.19. The molecular formula is C10H13IO3S. The van der Waals surface area contributed by atoms with Crippen LogP contribution in [0.3, 0.4) is 0 Å². The SMILES string of the molecule is CC(O)CS(=O)(=O)Cc1ccc(I)cc1. The van der Waals surface area contributed by atoms with Gasteiger partial charge in [-0.05, 0) is 47.2 Å². The van der Waals surface area contributed by atoms with Crippen LogP contribution < -0.4 is 0 Å². The van der Waals surface area contributed by atoms with Crippen LogP contribution in [-0.4, -0.2) is 25.4 Å². The van der Waals surface area contributed by atoms with Gasteiger partial charge in [0, 0.05) is 3.57 Å². The van der Waals surface area contributed by atoms with Gasteiger partial charge in [-0.1, -0.05) is 12.1 Å². The molecule has 0 spiro atoms. The molecule has 1 unspecified atom stereocenters. The van der Waals surface area contributed by atoms with E-state index in [0.29, 0.717) is 0 Å². The van der Waals surface area contributed by atoms with E-state index >= 15 is 0 Å². The van der Waals surface area contributed by atoms with E-state index in [1.54, 1.807) is 12.1 Å². The van der Waals surface area contributed by atoms with Crippen LogP contribution in [0.25, 0.3) is 0 Å². The van der Waals surface area contributed by atoms with Crippen LogP contribution in [0.5, 0.6) is 0 Å². The van der Waals surface area contributed by atoms with E-state index in [1.807, 2.05) is 12.1 Å². The van der Waals surface area contributed by atoms with Crippen molar-refractivity contribution in [1.29, 1.82) is 0 Å². The molecule has 0 fully saturated rings. The van der Waals surface area contributed by atoms with Crippen LogP contribution >= 0.6 is 22.6 Å². The van der Waals surface area contributed by atoms with E-state index in [9.17, 15) is 8.42 Å². The smallest absolute Gasteiger partial charge is 0.156 e. The fourth-order valence-corrected chi connectivity index (χ4v) is 3.17. The first kappa shape index (κ1) is 12.9. The predicted octanol–water partition coefficient (Wildman–Crippen LogP) is 1.59. The van der Waals surface area contributed by atoms with Gasteiger partial charge in [0.2, 0.25) is 0 Å². The predicted molar refractivity (Wildman–Crippen MR) is 68.3 cm³/mol.